The average Bonchev–Trinajstić information content (AvgIpc) is 3.43. The van der Waals surface area contributed by atoms with E-state index < -0.39 is 12.0 Å². The van der Waals surface area contributed by atoms with Crippen LogP contribution in [0, 0.1) is 12.8 Å². The van der Waals surface area contributed by atoms with Crippen LogP contribution < -0.4 is 10.5 Å². The number of nitrogens with one attached hydrogen (secondary N) is 1. The van der Waals surface area contributed by atoms with E-state index in [2.05, 4.69) is 21.8 Å². The van der Waals surface area contributed by atoms with Gasteiger partial charge in [0.15, 0.2) is 5.65 Å². The Hall–Kier alpha value is -3.52. The van der Waals surface area contributed by atoms with Gasteiger partial charge in [0.25, 0.3) is 0 Å². The van der Waals surface area contributed by atoms with Gasteiger partial charge in [-0.05, 0) is 49.1 Å². The molecular weight excluding hydrogens is 418 g/mol. The molecule has 2 unspecified atom stereocenters. The zero-order chi connectivity index (χ0) is 23.7. The predicted molar refractivity (Wildman–Crippen MR) is 127 cm³/mol. The largest absolute Gasteiger partial charge is 0.425 e. The van der Waals surface area contributed by atoms with Crippen molar-refractivity contribution in [2.45, 2.75) is 39.2 Å². The van der Waals surface area contributed by atoms with Crippen LogP contribution in [0.4, 0.5) is 0 Å². The summed E-state index contributed by atoms with van der Waals surface area (Å²) in [6.07, 6.45) is 2.24. The van der Waals surface area contributed by atoms with Gasteiger partial charge in [0.05, 0.1) is 5.69 Å². The summed E-state index contributed by atoms with van der Waals surface area (Å²) in [7, 11) is 0. The zero-order valence-corrected chi connectivity index (χ0v) is 19.2. The van der Waals surface area contributed by atoms with E-state index in [1.165, 1.54) is 6.08 Å². The summed E-state index contributed by atoms with van der Waals surface area (Å²) in [5.41, 5.74) is 10.1. The number of para-hydroxylation sites is 1. The van der Waals surface area contributed by atoms with Crippen molar-refractivity contribution in [2.75, 3.05) is 13.1 Å². The molecule has 3 N–H and O–H groups in total. The number of H-pyrrole nitrogens is 1. The van der Waals surface area contributed by atoms with Crippen molar-refractivity contribution < 1.29 is 14.3 Å². The van der Waals surface area contributed by atoms with Gasteiger partial charge in [0.2, 0.25) is 5.91 Å². The van der Waals surface area contributed by atoms with Gasteiger partial charge in [-0.1, -0.05) is 32.6 Å². The number of fused-ring (bicyclic) bond motifs is 1. The van der Waals surface area contributed by atoms with Crippen molar-refractivity contribution in [3.05, 3.63) is 54.2 Å². The number of hydrogen-bond donors (Lipinski definition) is 2. The summed E-state index contributed by atoms with van der Waals surface area (Å²) >= 11 is 0. The summed E-state index contributed by atoms with van der Waals surface area (Å²) < 4.78 is 5.61. The van der Waals surface area contributed by atoms with E-state index >= 15 is 0 Å². The highest BCUT2D eigenvalue weighted by atomic mass is 16.5. The van der Waals surface area contributed by atoms with Gasteiger partial charge in [-0.3, -0.25) is 4.79 Å². The number of rotatable bonds is 6. The van der Waals surface area contributed by atoms with E-state index in [0.717, 1.165) is 23.1 Å². The maximum atomic E-state index is 12.4. The molecule has 0 aliphatic carbocycles. The monoisotopic (exact) mass is 447 g/mol. The third-order valence-electron chi connectivity index (χ3n) is 6.30. The van der Waals surface area contributed by atoms with Crippen LogP contribution in [-0.2, 0) is 9.59 Å². The molecule has 8 nitrogen and oxygen atoms in total. The first kappa shape index (κ1) is 22.7. The quantitative estimate of drug-likeness (QED) is 0.340. The second kappa shape index (κ2) is 9.15. The number of aryl methyl sites for hydroxylation is 1. The maximum Gasteiger partial charge on any atom is 0.328 e. The number of hydrogen-bond acceptors (Lipinski definition) is 6. The standard InChI is InChI=1S/C25H29N5O3/c1-5-21(31)30-11-10-16(13-30)23-15(4)18-12-19(28-29-24(18)27-23)17-8-6-7-9-20(17)33-25(32)22(26)14(2)3/h5-9,12,14,16,22H,1,10-11,13,26H2,2-4H3,(H,27,29). The van der Waals surface area contributed by atoms with Gasteiger partial charge < -0.3 is 20.4 Å². The van der Waals surface area contributed by atoms with Crippen molar-refractivity contribution in [1.29, 1.82) is 0 Å². The summed E-state index contributed by atoms with van der Waals surface area (Å²) in [6, 6.07) is 8.48. The van der Waals surface area contributed by atoms with E-state index in [0.29, 0.717) is 35.7 Å². The number of aromatic amines is 1. The molecule has 0 saturated carbocycles. The molecular formula is C25H29N5O3. The molecule has 1 aliphatic heterocycles. The van der Waals surface area contributed by atoms with Crippen molar-refractivity contribution in [3.63, 3.8) is 0 Å². The molecule has 1 saturated heterocycles. The average molecular weight is 448 g/mol. The molecule has 2 atom stereocenters. The minimum Gasteiger partial charge on any atom is -0.425 e. The highest BCUT2D eigenvalue weighted by molar-refractivity contribution is 5.88. The van der Waals surface area contributed by atoms with Gasteiger partial charge in [0.1, 0.15) is 11.8 Å². The van der Waals surface area contributed by atoms with Crippen molar-refractivity contribution >= 4 is 22.9 Å². The summed E-state index contributed by atoms with van der Waals surface area (Å²) in [6.45, 7) is 10.7. The number of esters is 1. The van der Waals surface area contributed by atoms with Crippen LogP contribution in [0.2, 0.25) is 0 Å². The third kappa shape index (κ3) is 4.39. The summed E-state index contributed by atoms with van der Waals surface area (Å²) in [5.74, 6) is 0.0468. The van der Waals surface area contributed by atoms with Crippen LogP contribution in [0.5, 0.6) is 5.75 Å². The Kier molecular flexibility index (Phi) is 6.29. The van der Waals surface area contributed by atoms with E-state index in [1.54, 1.807) is 12.1 Å². The number of likely N-dealkylation sites (tertiary alicyclic amines) is 1. The maximum absolute atomic E-state index is 12.4. The van der Waals surface area contributed by atoms with Gasteiger partial charge in [-0.25, -0.2) is 4.79 Å². The first-order valence-corrected chi connectivity index (χ1v) is 11.1. The molecule has 0 radical (unpaired) electrons. The Labute approximate surface area is 192 Å². The Balaban J connectivity index is 1.65. The second-order valence-electron chi connectivity index (χ2n) is 8.82. The van der Waals surface area contributed by atoms with Crippen molar-refractivity contribution in [1.82, 2.24) is 20.1 Å². The first-order valence-electron chi connectivity index (χ1n) is 11.1. The number of nitrogens with zero attached hydrogens (tertiary/aromatic N) is 3. The normalized spacial score (nSPS) is 16.9. The number of amides is 1. The summed E-state index contributed by atoms with van der Waals surface area (Å²) in [5, 5.41) is 9.73. The molecule has 3 heterocycles. The number of benzene rings is 1. The molecule has 0 spiro atoms. The number of ether oxygens (including phenoxy) is 1. The predicted octanol–water partition coefficient (Wildman–Crippen LogP) is 3.32. The highest BCUT2D eigenvalue weighted by Gasteiger charge is 2.29. The molecule has 1 amide bonds. The van der Waals surface area contributed by atoms with Gasteiger partial charge in [-0.15, -0.1) is 10.2 Å². The Morgan fingerprint density at radius 3 is 2.79 bits per heavy atom. The first-order chi connectivity index (χ1) is 15.8. The molecule has 1 fully saturated rings. The minimum atomic E-state index is -0.708. The SMILES string of the molecule is C=CC(=O)N1CCC(c2[nH]c3nnc(-c4ccccc4OC(=O)C(N)C(C)C)cc3c2C)C1. The fraction of sp³-hybridized carbons (Fsp3) is 0.360. The third-order valence-corrected chi connectivity index (χ3v) is 6.30. The molecule has 4 rings (SSSR count). The van der Waals surface area contributed by atoms with Gasteiger partial charge in [-0.2, -0.15) is 0 Å². The number of aromatic nitrogens is 3. The lowest BCUT2D eigenvalue weighted by Gasteiger charge is -2.15. The fourth-order valence-corrected chi connectivity index (χ4v) is 4.22. The Morgan fingerprint density at radius 1 is 1.30 bits per heavy atom. The fourth-order valence-electron chi connectivity index (χ4n) is 4.22. The Bertz CT molecular complexity index is 1220. The van der Waals surface area contributed by atoms with Crippen molar-refractivity contribution in [2.24, 2.45) is 11.7 Å². The molecule has 1 aliphatic rings. The van der Waals surface area contributed by atoms with Crippen LogP contribution in [0.3, 0.4) is 0 Å². The number of carbonyl (C=O) groups excluding carboxylic acids is 2. The number of carbonyl (C=O) groups is 2. The molecule has 1 aromatic carbocycles. The molecule has 3 aromatic rings. The van der Waals surface area contributed by atoms with Crippen LogP contribution in [0.15, 0.2) is 43.0 Å². The lowest BCUT2D eigenvalue weighted by atomic mass is 10.00. The van der Waals surface area contributed by atoms with Gasteiger partial charge >= 0.3 is 5.97 Å². The summed E-state index contributed by atoms with van der Waals surface area (Å²) in [4.78, 5) is 29.6. The zero-order valence-electron chi connectivity index (χ0n) is 19.2. The molecule has 33 heavy (non-hydrogen) atoms. The lowest BCUT2D eigenvalue weighted by molar-refractivity contribution is -0.136. The van der Waals surface area contributed by atoms with E-state index in [4.69, 9.17) is 10.5 Å². The van der Waals surface area contributed by atoms with E-state index in [9.17, 15) is 9.59 Å². The molecule has 172 valence electrons. The van der Waals surface area contributed by atoms with Crippen LogP contribution in [0.1, 0.15) is 37.4 Å². The number of nitrogens with two attached hydrogens (primary N) is 1. The van der Waals surface area contributed by atoms with Crippen LogP contribution >= 0.6 is 0 Å². The molecule has 0 bridgehead atoms. The van der Waals surface area contributed by atoms with Crippen LogP contribution in [-0.4, -0.2) is 51.1 Å². The smallest absolute Gasteiger partial charge is 0.328 e. The lowest BCUT2D eigenvalue weighted by Crippen LogP contribution is -2.38. The van der Waals surface area contributed by atoms with Gasteiger partial charge in [0, 0.05) is 35.7 Å². The van der Waals surface area contributed by atoms with E-state index in [-0.39, 0.29) is 17.7 Å². The van der Waals surface area contributed by atoms with E-state index in [1.807, 2.05) is 43.9 Å². The molecule has 8 heteroatoms. The Morgan fingerprint density at radius 2 is 2.06 bits per heavy atom. The second-order valence-corrected chi connectivity index (χ2v) is 8.82. The topological polar surface area (TPSA) is 114 Å². The minimum absolute atomic E-state index is 0.0324. The highest BCUT2D eigenvalue weighted by Crippen LogP contribution is 2.35. The van der Waals surface area contributed by atoms with Crippen molar-refractivity contribution in [3.8, 4) is 17.0 Å². The molecule has 2 aromatic heterocycles. The van der Waals surface area contributed by atoms with Crippen LogP contribution in [0.25, 0.3) is 22.3 Å².